The first-order valence-electron chi connectivity index (χ1n) is 12.6. The van der Waals surface area contributed by atoms with Crippen LogP contribution in [-0.4, -0.2) is 95.2 Å². The van der Waals surface area contributed by atoms with Gasteiger partial charge in [0.2, 0.25) is 10.0 Å². The van der Waals surface area contributed by atoms with E-state index in [4.69, 9.17) is 19.9 Å². The highest BCUT2D eigenvalue weighted by Crippen LogP contribution is 2.37. The maximum absolute atomic E-state index is 13.2. The van der Waals surface area contributed by atoms with E-state index in [1.807, 2.05) is 5.32 Å². The first-order chi connectivity index (χ1) is 19.5. The lowest BCUT2D eigenvalue weighted by Gasteiger charge is -2.26. The van der Waals surface area contributed by atoms with E-state index in [1.165, 1.54) is 47.7 Å². The lowest BCUT2D eigenvalue weighted by molar-refractivity contribution is 0.0965. The van der Waals surface area contributed by atoms with Gasteiger partial charge in [0, 0.05) is 44.3 Å². The first kappa shape index (κ1) is 32.0. The molecular weight excluding hydrogens is 578 g/mol. The van der Waals surface area contributed by atoms with Crippen LogP contribution in [0.15, 0.2) is 29.2 Å². The maximum Gasteiger partial charge on any atom is 0.410 e. The third-order valence-electron chi connectivity index (χ3n) is 6.12. The summed E-state index contributed by atoms with van der Waals surface area (Å²) in [6.45, 7) is 2.95. The number of hydrogen-bond donors (Lipinski definition) is 3. The molecule has 4 N–H and O–H groups in total. The van der Waals surface area contributed by atoms with Gasteiger partial charge in [-0.05, 0) is 43.2 Å². The summed E-state index contributed by atoms with van der Waals surface area (Å²) in [6.07, 6.45) is -0.213. The highest BCUT2D eigenvalue weighted by molar-refractivity contribution is 7.89. The average Bonchev–Trinajstić information content (AvgIpc) is 3.29. The second-order valence-corrected chi connectivity index (χ2v) is 11.8. The van der Waals surface area contributed by atoms with Crippen molar-refractivity contribution in [3.63, 3.8) is 0 Å². The fourth-order valence-corrected chi connectivity index (χ4v) is 6.78. The zero-order valence-electron chi connectivity index (χ0n) is 22.9. The minimum atomic E-state index is -3.89. The molecule has 2 heterocycles. The molecule has 1 aromatic heterocycles. The van der Waals surface area contributed by atoms with Gasteiger partial charge in [0.05, 0.1) is 36.8 Å². The van der Waals surface area contributed by atoms with Gasteiger partial charge in [-0.25, -0.2) is 18.0 Å². The number of hydrogen-bond acceptors (Lipinski definition) is 10. The van der Waals surface area contributed by atoms with E-state index in [-0.39, 0.29) is 73.4 Å². The molecule has 0 saturated heterocycles. The Kier molecular flexibility index (Phi) is 11.2. The molecule has 0 bridgehead atoms. The number of imide groups is 1. The quantitative estimate of drug-likeness (QED) is 0.320. The molecule has 0 unspecified atom stereocenters. The Morgan fingerprint density at radius 2 is 1.68 bits per heavy atom. The fourth-order valence-electron chi connectivity index (χ4n) is 4.12. The third-order valence-corrected chi connectivity index (χ3v) is 9.16. The van der Waals surface area contributed by atoms with E-state index in [0.29, 0.717) is 10.4 Å². The maximum atomic E-state index is 13.2. The van der Waals surface area contributed by atoms with Crippen LogP contribution in [0.2, 0.25) is 0 Å². The molecule has 0 atom stereocenters. The molecule has 0 radical (unpaired) electrons. The van der Waals surface area contributed by atoms with Crippen LogP contribution < -0.4 is 16.4 Å². The van der Waals surface area contributed by atoms with E-state index < -0.39 is 34.0 Å². The number of ether oxygens (including phenoxy) is 3. The summed E-state index contributed by atoms with van der Waals surface area (Å²) in [5.74, 6) is -1.40. The Labute approximate surface area is 241 Å². The van der Waals surface area contributed by atoms with Crippen LogP contribution in [0.5, 0.6) is 0 Å². The highest BCUT2D eigenvalue weighted by Gasteiger charge is 2.31. The molecule has 0 aliphatic carbocycles. The van der Waals surface area contributed by atoms with Gasteiger partial charge in [0.15, 0.2) is 0 Å². The minimum absolute atomic E-state index is 0.0200. The van der Waals surface area contributed by atoms with E-state index in [0.717, 1.165) is 11.3 Å². The minimum Gasteiger partial charge on any atom is -0.450 e. The normalized spacial score (nSPS) is 13.0. The number of rotatable bonds is 12. The zero-order chi connectivity index (χ0) is 30.2. The number of fused-ring (bicyclic) bond motifs is 1. The number of nitrogens with two attached hydrogens (primary N) is 1. The summed E-state index contributed by atoms with van der Waals surface area (Å²) in [5.41, 5.74) is 5.93. The summed E-state index contributed by atoms with van der Waals surface area (Å²) < 4.78 is 42.6. The van der Waals surface area contributed by atoms with E-state index in [1.54, 1.807) is 6.92 Å². The Morgan fingerprint density at radius 1 is 1.05 bits per heavy atom. The first-order valence-corrected chi connectivity index (χ1v) is 14.9. The van der Waals surface area contributed by atoms with Gasteiger partial charge in [-0.1, -0.05) is 0 Å². The molecule has 41 heavy (non-hydrogen) atoms. The van der Waals surface area contributed by atoms with Crippen LogP contribution in [0.1, 0.15) is 38.1 Å². The number of carbonyl (C=O) groups excluding carboxylic acids is 4. The molecule has 1 aromatic carbocycles. The summed E-state index contributed by atoms with van der Waals surface area (Å²) >= 11 is 1.09. The van der Waals surface area contributed by atoms with Gasteiger partial charge in [-0.2, -0.15) is 4.31 Å². The van der Waals surface area contributed by atoms with Crippen molar-refractivity contribution in [1.29, 1.82) is 0 Å². The van der Waals surface area contributed by atoms with Crippen molar-refractivity contribution >= 4 is 50.3 Å². The van der Waals surface area contributed by atoms with Crippen molar-refractivity contribution in [3.8, 4) is 0 Å². The summed E-state index contributed by atoms with van der Waals surface area (Å²) in [7, 11) is -0.950. The van der Waals surface area contributed by atoms with Crippen LogP contribution >= 0.6 is 11.3 Å². The van der Waals surface area contributed by atoms with Crippen molar-refractivity contribution < 1.29 is 41.8 Å². The zero-order valence-corrected chi connectivity index (χ0v) is 24.6. The number of nitrogens with one attached hydrogen (secondary N) is 2. The van der Waals surface area contributed by atoms with Gasteiger partial charge in [-0.15, -0.1) is 11.3 Å². The number of nitrogens with zero attached hydrogens (tertiary/aromatic N) is 2. The number of benzene rings is 1. The number of thiophene rings is 1. The van der Waals surface area contributed by atoms with Gasteiger partial charge >= 0.3 is 12.1 Å². The predicted octanol–water partition coefficient (Wildman–Crippen LogP) is 1.61. The van der Waals surface area contributed by atoms with Gasteiger partial charge < -0.3 is 30.2 Å². The molecule has 2 aromatic rings. The average molecular weight is 612 g/mol. The number of carbonyl (C=O) groups is 4. The van der Waals surface area contributed by atoms with Gasteiger partial charge in [-0.3, -0.25) is 14.9 Å². The Balaban J connectivity index is 1.86. The lowest BCUT2D eigenvalue weighted by atomic mass is 10.0. The second kappa shape index (κ2) is 14.4. The standard InChI is InChI=1S/C25H33N5O9S2/c1-4-39-25(34)29-10-9-18-19(15-29)40-23(20(18)22(32)28-24(26)33)27-21(31)16-5-7-17(8-6-16)41(35,36)30(11-13-37-2)12-14-38-3/h5-8H,4,9-15H2,1-3H3,(H,27,31)(H3,26,28,32,33). The molecule has 0 fully saturated rings. The molecule has 1 aliphatic rings. The largest absolute Gasteiger partial charge is 0.450 e. The molecular formula is C25H33N5O9S2. The Bertz CT molecular complexity index is 1370. The third kappa shape index (κ3) is 7.80. The molecule has 3 rings (SSSR count). The molecule has 0 spiro atoms. The summed E-state index contributed by atoms with van der Waals surface area (Å²) in [4.78, 5) is 51.7. The predicted molar refractivity (Wildman–Crippen MR) is 149 cm³/mol. The fraction of sp³-hybridized carbons (Fsp3) is 0.440. The van der Waals surface area contributed by atoms with Crippen LogP contribution in [-0.2, 0) is 37.2 Å². The van der Waals surface area contributed by atoms with E-state index >= 15 is 0 Å². The number of primary amides is 1. The van der Waals surface area contributed by atoms with Crippen molar-refractivity contribution in [2.75, 3.05) is 59.0 Å². The number of urea groups is 1. The highest BCUT2D eigenvalue weighted by atomic mass is 32.2. The summed E-state index contributed by atoms with van der Waals surface area (Å²) in [5, 5.41) is 4.87. The van der Waals surface area contributed by atoms with Crippen LogP contribution in [0.3, 0.4) is 0 Å². The Morgan fingerprint density at radius 3 is 2.24 bits per heavy atom. The number of anilines is 1. The monoisotopic (exact) mass is 611 g/mol. The SMILES string of the molecule is CCOC(=O)N1CCc2c(sc(NC(=O)c3ccc(S(=O)(=O)N(CCOC)CCOC)cc3)c2C(=O)NC(N)=O)C1. The summed E-state index contributed by atoms with van der Waals surface area (Å²) in [6, 6.07) is 4.28. The van der Waals surface area contributed by atoms with Crippen molar-refractivity contribution in [3.05, 3.63) is 45.8 Å². The van der Waals surface area contributed by atoms with E-state index in [9.17, 15) is 27.6 Å². The Hall–Kier alpha value is -3.57. The van der Waals surface area contributed by atoms with Crippen LogP contribution in [0.4, 0.5) is 14.6 Å². The second-order valence-electron chi connectivity index (χ2n) is 8.76. The van der Waals surface area contributed by atoms with E-state index in [2.05, 4.69) is 5.32 Å². The van der Waals surface area contributed by atoms with Crippen molar-refractivity contribution in [1.82, 2.24) is 14.5 Å². The van der Waals surface area contributed by atoms with Gasteiger partial charge in [0.1, 0.15) is 5.00 Å². The topological polar surface area (TPSA) is 187 Å². The molecule has 5 amide bonds. The molecule has 14 nitrogen and oxygen atoms in total. The van der Waals surface area contributed by atoms with Crippen LogP contribution in [0, 0.1) is 0 Å². The molecule has 224 valence electrons. The molecule has 16 heteroatoms. The molecule has 1 aliphatic heterocycles. The van der Waals surface area contributed by atoms with Gasteiger partial charge in [0.25, 0.3) is 11.8 Å². The van der Waals surface area contributed by atoms with Crippen molar-refractivity contribution in [2.45, 2.75) is 24.8 Å². The van der Waals surface area contributed by atoms with Crippen molar-refractivity contribution in [2.24, 2.45) is 5.73 Å². The number of sulfonamides is 1. The van der Waals surface area contributed by atoms with Crippen LogP contribution in [0.25, 0.3) is 0 Å². The lowest BCUT2D eigenvalue weighted by Crippen LogP contribution is -2.38. The molecule has 0 saturated carbocycles. The number of amides is 5. The number of methoxy groups -OCH3 is 2. The smallest absolute Gasteiger partial charge is 0.410 e.